The molecule has 0 saturated heterocycles. The molecule has 0 amide bonds. The first-order chi connectivity index (χ1) is 7.27. The molecule has 1 aromatic heterocycles. The molecule has 1 aliphatic carbocycles. The molecule has 3 rings (SSSR count). The molecular formula is C13H14OS. The molecule has 1 fully saturated rings. The molecule has 1 N–H and O–H groups in total. The molecule has 2 heteroatoms. The molecule has 1 heterocycles. The van der Waals surface area contributed by atoms with Crippen molar-refractivity contribution < 1.29 is 5.11 Å². The summed E-state index contributed by atoms with van der Waals surface area (Å²) >= 11 is 1.78. The zero-order valence-electron chi connectivity index (χ0n) is 8.57. The van der Waals surface area contributed by atoms with Crippen LogP contribution in [-0.2, 0) is 6.42 Å². The average Bonchev–Trinajstić information content (AvgIpc) is 2.60. The Kier molecular flexibility index (Phi) is 2.08. The SMILES string of the molecule is OC1(Cc2csc3ccccc23)CCC1. The lowest BCUT2D eigenvalue weighted by atomic mass is 9.76. The van der Waals surface area contributed by atoms with E-state index in [1.165, 1.54) is 22.1 Å². The van der Waals surface area contributed by atoms with E-state index in [1.54, 1.807) is 11.3 Å². The van der Waals surface area contributed by atoms with Gasteiger partial charge in [0.15, 0.2) is 0 Å². The van der Waals surface area contributed by atoms with Crippen LogP contribution in [0.3, 0.4) is 0 Å². The molecule has 0 atom stereocenters. The Morgan fingerprint density at radius 3 is 2.80 bits per heavy atom. The van der Waals surface area contributed by atoms with Gasteiger partial charge in [0.1, 0.15) is 0 Å². The van der Waals surface area contributed by atoms with Gasteiger partial charge in [-0.3, -0.25) is 0 Å². The van der Waals surface area contributed by atoms with Crippen molar-refractivity contribution in [2.45, 2.75) is 31.3 Å². The van der Waals surface area contributed by atoms with E-state index in [4.69, 9.17) is 0 Å². The van der Waals surface area contributed by atoms with E-state index in [0.29, 0.717) is 0 Å². The Morgan fingerprint density at radius 1 is 1.27 bits per heavy atom. The minimum Gasteiger partial charge on any atom is -0.390 e. The van der Waals surface area contributed by atoms with Crippen molar-refractivity contribution in [3.8, 4) is 0 Å². The van der Waals surface area contributed by atoms with Crippen LogP contribution in [-0.4, -0.2) is 10.7 Å². The first-order valence-corrected chi connectivity index (χ1v) is 6.32. The topological polar surface area (TPSA) is 20.2 Å². The van der Waals surface area contributed by atoms with Crippen LogP contribution in [0.1, 0.15) is 24.8 Å². The van der Waals surface area contributed by atoms with Gasteiger partial charge in [-0.1, -0.05) is 18.2 Å². The van der Waals surface area contributed by atoms with Crippen LogP contribution in [0, 0.1) is 0 Å². The maximum Gasteiger partial charge on any atom is 0.0688 e. The average molecular weight is 218 g/mol. The predicted molar refractivity (Wildman–Crippen MR) is 64.3 cm³/mol. The van der Waals surface area contributed by atoms with Crippen LogP contribution in [0.25, 0.3) is 10.1 Å². The summed E-state index contributed by atoms with van der Waals surface area (Å²) in [5, 5.41) is 13.7. The molecule has 0 radical (unpaired) electrons. The van der Waals surface area contributed by atoms with Crippen LogP contribution < -0.4 is 0 Å². The zero-order valence-corrected chi connectivity index (χ0v) is 9.39. The van der Waals surface area contributed by atoms with E-state index >= 15 is 0 Å². The number of hydrogen-bond donors (Lipinski definition) is 1. The van der Waals surface area contributed by atoms with E-state index in [0.717, 1.165) is 19.3 Å². The largest absolute Gasteiger partial charge is 0.390 e. The normalized spacial score (nSPS) is 19.0. The Morgan fingerprint density at radius 2 is 2.07 bits per heavy atom. The molecule has 0 bridgehead atoms. The number of thiophene rings is 1. The summed E-state index contributed by atoms with van der Waals surface area (Å²) in [4.78, 5) is 0. The summed E-state index contributed by atoms with van der Waals surface area (Å²) in [6.45, 7) is 0. The highest BCUT2D eigenvalue weighted by Gasteiger charge is 2.34. The van der Waals surface area contributed by atoms with Crippen LogP contribution >= 0.6 is 11.3 Å². The fourth-order valence-electron chi connectivity index (χ4n) is 2.29. The quantitative estimate of drug-likeness (QED) is 0.819. The monoisotopic (exact) mass is 218 g/mol. The van der Waals surface area contributed by atoms with Gasteiger partial charge >= 0.3 is 0 Å². The predicted octanol–water partition coefficient (Wildman–Crippen LogP) is 3.36. The van der Waals surface area contributed by atoms with Gasteiger partial charge in [-0.2, -0.15) is 0 Å². The smallest absolute Gasteiger partial charge is 0.0688 e. The first-order valence-electron chi connectivity index (χ1n) is 5.44. The van der Waals surface area contributed by atoms with Gasteiger partial charge in [0.25, 0.3) is 0 Å². The Hall–Kier alpha value is -0.860. The molecule has 2 aromatic rings. The maximum absolute atomic E-state index is 10.1. The Bertz CT molecular complexity index is 482. The van der Waals surface area contributed by atoms with Gasteiger partial charge in [-0.25, -0.2) is 0 Å². The summed E-state index contributed by atoms with van der Waals surface area (Å²) in [7, 11) is 0. The van der Waals surface area contributed by atoms with Crippen molar-refractivity contribution >= 4 is 21.4 Å². The van der Waals surface area contributed by atoms with Crippen LogP contribution in [0.4, 0.5) is 0 Å². The minimum atomic E-state index is -0.399. The van der Waals surface area contributed by atoms with Crippen molar-refractivity contribution in [2.75, 3.05) is 0 Å². The molecule has 1 nitrogen and oxygen atoms in total. The zero-order chi connectivity index (χ0) is 10.3. The number of benzene rings is 1. The third-order valence-electron chi connectivity index (χ3n) is 3.36. The van der Waals surface area contributed by atoms with E-state index in [1.807, 2.05) is 0 Å². The van der Waals surface area contributed by atoms with Crippen molar-refractivity contribution in [2.24, 2.45) is 0 Å². The number of fused-ring (bicyclic) bond motifs is 1. The van der Waals surface area contributed by atoms with E-state index < -0.39 is 5.60 Å². The summed E-state index contributed by atoms with van der Waals surface area (Å²) in [5.41, 5.74) is 0.918. The summed E-state index contributed by atoms with van der Waals surface area (Å²) < 4.78 is 1.33. The van der Waals surface area contributed by atoms with Crippen LogP contribution in [0.2, 0.25) is 0 Å². The first kappa shape index (κ1) is 9.37. The second-order valence-electron chi connectivity index (χ2n) is 4.51. The van der Waals surface area contributed by atoms with E-state index in [2.05, 4.69) is 29.6 Å². The number of aliphatic hydroxyl groups is 1. The fourth-order valence-corrected chi connectivity index (χ4v) is 3.25. The summed E-state index contributed by atoms with van der Waals surface area (Å²) in [6.07, 6.45) is 3.95. The Balaban J connectivity index is 1.97. The second-order valence-corrected chi connectivity index (χ2v) is 5.42. The highest BCUT2D eigenvalue weighted by Crippen LogP contribution is 2.37. The van der Waals surface area contributed by atoms with Gasteiger partial charge in [0.2, 0.25) is 0 Å². The van der Waals surface area contributed by atoms with Gasteiger partial charge < -0.3 is 5.11 Å². The molecule has 0 aliphatic heterocycles. The molecule has 78 valence electrons. The molecule has 1 aromatic carbocycles. The molecule has 15 heavy (non-hydrogen) atoms. The van der Waals surface area contributed by atoms with Crippen LogP contribution in [0.15, 0.2) is 29.6 Å². The molecular weight excluding hydrogens is 204 g/mol. The molecule has 0 spiro atoms. The van der Waals surface area contributed by atoms with E-state index in [-0.39, 0.29) is 0 Å². The van der Waals surface area contributed by atoms with Gasteiger partial charge in [0, 0.05) is 11.1 Å². The maximum atomic E-state index is 10.1. The lowest BCUT2D eigenvalue weighted by molar-refractivity contribution is -0.0319. The van der Waals surface area contributed by atoms with Gasteiger partial charge in [0.05, 0.1) is 5.60 Å². The third kappa shape index (κ3) is 1.58. The van der Waals surface area contributed by atoms with Crippen molar-refractivity contribution in [1.29, 1.82) is 0 Å². The minimum absolute atomic E-state index is 0.399. The summed E-state index contributed by atoms with van der Waals surface area (Å²) in [6, 6.07) is 8.45. The third-order valence-corrected chi connectivity index (χ3v) is 4.38. The lowest BCUT2D eigenvalue weighted by Gasteiger charge is -2.36. The number of rotatable bonds is 2. The summed E-state index contributed by atoms with van der Waals surface area (Å²) in [5.74, 6) is 0. The van der Waals surface area contributed by atoms with Crippen molar-refractivity contribution in [3.05, 3.63) is 35.2 Å². The van der Waals surface area contributed by atoms with E-state index in [9.17, 15) is 5.11 Å². The standard InChI is InChI=1S/C13H14OS/c14-13(6-3-7-13)8-10-9-15-12-5-2-1-4-11(10)12/h1-2,4-5,9,14H,3,6-8H2. The Labute approximate surface area is 93.4 Å². The highest BCUT2D eigenvalue weighted by atomic mass is 32.1. The second kappa shape index (κ2) is 3.32. The fraction of sp³-hybridized carbons (Fsp3) is 0.385. The van der Waals surface area contributed by atoms with Crippen LogP contribution in [0.5, 0.6) is 0 Å². The lowest BCUT2D eigenvalue weighted by Crippen LogP contribution is -2.38. The van der Waals surface area contributed by atoms with Gasteiger partial charge in [-0.05, 0) is 41.7 Å². The molecule has 1 saturated carbocycles. The molecule has 1 aliphatic rings. The van der Waals surface area contributed by atoms with Crippen molar-refractivity contribution in [3.63, 3.8) is 0 Å². The molecule has 0 unspecified atom stereocenters. The van der Waals surface area contributed by atoms with Gasteiger partial charge in [-0.15, -0.1) is 11.3 Å². The van der Waals surface area contributed by atoms with Crippen molar-refractivity contribution in [1.82, 2.24) is 0 Å². The highest BCUT2D eigenvalue weighted by molar-refractivity contribution is 7.17. The number of hydrogen-bond acceptors (Lipinski definition) is 2.